The summed E-state index contributed by atoms with van der Waals surface area (Å²) in [6.45, 7) is 2.92. The monoisotopic (exact) mass is 199 g/mol. The van der Waals surface area contributed by atoms with E-state index in [0.717, 1.165) is 0 Å². The molecule has 0 spiro atoms. The van der Waals surface area contributed by atoms with Gasteiger partial charge < -0.3 is 16.0 Å². The van der Waals surface area contributed by atoms with E-state index in [-0.39, 0.29) is 23.8 Å². The van der Waals surface area contributed by atoms with Gasteiger partial charge in [-0.05, 0) is 20.4 Å². The Morgan fingerprint density at radius 2 is 2.21 bits per heavy atom. The molecule has 0 bridgehead atoms. The zero-order valence-electron chi connectivity index (χ0n) is 8.62. The van der Waals surface area contributed by atoms with Gasteiger partial charge in [0.05, 0.1) is 12.0 Å². The number of rotatable bonds is 3. The molecule has 80 valence electrons. The van der Waals surface area contributed by atoms with Crippen LogP contribution in [0.3, 0.4) is 0 Å². The van der Waals surface area contributed by atoms with E-state index in [4.69, 9.17) is 5.73 Å². The van der Waals surface area contributed by atoms with Crippen molar-refractivity contribution in [2.45, 2.75) is 19.4 Å². The predicted octanol–water partition coefficient (Wildman–Crippen LogP) is -1.07. The Kier molecular flexibility index (Phi) is 3.46. The third-order valence-electron chi connectivity index (χ3n) is 2.71. The quantitative estimate of drug-likeness (QED) is 0.607. The molecule has 1 saturated heterocycles. The van der Waals surface area contributed by atoms with Crippen molar-refractivity contribution in [1.82, 2.24) is 10.2 Å². The Morgan fingerprint density at radius 1 is 1.57 bits per heavy atom. The maximum absolute atomic E-state index is 11.7. The lowest BCUT2D eigenvalue weighted by Gasteiger charge is -2.20. The summed E-state index contributed by atoms with van der Waals surface area (Å²) < 4.78 is 0. The SMILES string of the molecule is CNC(C)C(=O)N1CCC(C(N)=O)C1. The van der Waals surface area contributed by atoms with Crippen LogP contribution in [-0.2, 0) is 9.59 Å². The first-order chi connectivity index (χ1) is 6.56. The van der Waals surface area contributed by atoms with Crippen LogP contribution in [0.1, 0.15) is 13.3 Å². The van der Waals surface area contributed by atoms with E-state index in [1.54, 1.807) is 18.9 Å². The van der Waals surface area contributed by atoms with Crippen LogP contribution in [0, 0.1) is 5.92 Å². The molecule has 2 unspecified atom stereocenters. The van der Waals surface area contributed by atoms with Crippen molar-refractivity contribution in [3.8, 4) is 0 Å². The molecule has 5 nitrogen and oxygen atoms in total. The summed E-state index contributed by atoms with van der Waals surface area (Å²) in [5, 5.41) is 2.88. The largest absolute Gasteiger partial charge is 0.369 e. The van der Waals surface area contributed by atoms with Gasteiger partial charge in [-0.15, -0.1) is 0 Å². The molecule has 0 aliphatic carbocycles. The first kappa shape index (κ1) is 11.0. The molecular formula is C9H17N3O2. The second-order valence-corrected chi connectivity index (χ2v) is 3.68. The molecule has 1 fully saturated rings. The van der Waals surface area contributed by atoms with Crippen molar-refractivity contribution in [1.29, 1.82) is 0 Å². The number of nitrogens with one attached hydrogen (secondary N) is 1. The third-order valence-corrected chi connectivity index (χ3v) is 2.71. The number of carbonyl (C=O) groups is 2. The fraction of sp³-hybridized carbons (Fsp3) is 0.778. The second kappa shape index (κ2) is 4.41. The van der Waals surface area contributed by atoms with Crippen LogP contribution in [0.25, 0.3) is 0 Å². The summed E-state index contributed by atoms with van der Waals surface area (Å²) in [7, 11) is 1.74. The van der Waals surface area contributed by atoms with Gasteiger partial charge in [0.25, 0.3) is 0 Å². The summed E-state index contributed by atoms with van der Waals surface area (Å²) >= 11 is 0. The smallest absolute Gasteiger partial charge is 0.239 e. The maximum Gasteiger partial charge on any atom is 0.239 e. The van der Waals surface area contributed by atoms with E-state index in [9.17, 15) is 9.59 Å². The maximum atomic E-state index is 11.7. The van der Waals surface area contributed by atoms with Gasteiger partial charge in [-0.25, -0.2) is 0 Å². The molecule has 0 aromatic heterocycles. The van der Waals surface area contributed by atoms with Gasteiger partial charge in [-0.3, -0.25) is 9.59 Å². The highest BCUT2D eigenvalue weighted by molar-refractivity contribution is 5.84. The average Bonchev–Trinajstić information content (AvgIpc) is 2.64. The van der Waals surface area contributed by atoms with E-state index in [2.05, 4.69) is 5.32 Å². The van der Waals surface area contributed by atoms with Crippen LogP contribution >= 0.6 is 0 Å². The summed E-state index contributed by atoms with van der Waals surface area (Å²) in [6, 6.07) is -0.193. The van der Waals surface area contributed by atoms with Crippen LogP contribution in [0.4, 0.5) is 0 Å². The van der Waals surface area contributed by atoms with Gasteiger partial charge in [0.1, 0.15) is 0 Å². The molecule has 2 amide bonds. The van der Waals surface area contributed by atoms with Crippen molar-refractivity contribution in [3.05, 3.63) is 0 Å². The zero-order valence-corrected chi connectivity index (χ0v) is 8.62. The molecule has 5 heteroatoms. The number of hydrogen-bond acceptors (Lipinski definition) is 3. The number of likely N-dealkylation sites (tertiary alicyclic amines) is 1. The van der Waals surface area contributed by atoms with Crippen molar-refractivity contribution >= 4 is 11.8 Å². The molecule has 2 atom stereocenters. The Balaban J connectivity index is 2.49. The number of hydrogen-bond donors (Lipinski definition) is 2. The summed E-state index contributed by atoms with van der Waals surface area (Å²) in [5.74, 6) is -0.434. The fourth-order valence-electron chi connectivity index (χ4n) is 1.59. The van der Waals surface area contributed by atoms with Crippen LogP contribution in [-0.4, -0.2) is 42.9 Å². The molecule has 0 radical (unpaired) electrons. The van der Waals surface area contributed by atoms with Crippen LogP contribution in [0.5, 0.6) is 0 Å². The normalized spacial score (nSPS) is 23.6. The lowest BCUT2D eigenvalue weighted by atomic mass is 10.1. The number of carbonyl (C=O) groups excluding carboxylic acids is 2. The number of primary amides is 1. The highest BCUT2D eigenvalue weighted by Crippen LogP contribution is 2.16. The van der Waals surface area contributed by atoms with Gasteiger partial charge in [-0.1, -0.05) is 0 Å². The van der Waals surface area contributed by atoms with E-state index >= 15 is 0 Å². The van der Waals surface area contributed by atoms with E-state index < -0.39 is 0 Å². The van der Waals surface area contributed by atoms with E-state index in [1.165, 1.54) is 0 Å². The van der Waals surface area contributed by atoms with Crippen molar-refractivity contribution in [2.75, 3.05) is 20.1 Å². The lowest BCUT2D eigenvalue weighted by molar-refractivity contribution is -0.132. The number of likely N-dealkylation sites (N-methyl/N-ethyl adjacent to an activating group) is 1. The van der Waals surface area contributed by atoms with Crippen LogP contribution in [0.15, 0.2) is 0 Å². The predicted molar refractivity (Wildman–Crippen MR) is 52.4 cm³/mol. The molecule has 0 saturated carbocycles. The van der Waals surface area contributed by atoms with Gasteiger partial charge in [-0.2, -0.15) is 0 Å². The van der Waals surface area contributed by atoms with E-state index in [0.29, 0.717) is 19.5 Å². The topological polar surface area (TPSA) is 75.4 Å². The Bertz CT molecular complexity index is 242. The van der Waals surface area contributed by atoms with Crippen LogP contribution in [0.2, 0.25) is 0 Å². The molecular weight excluding hydrogens is 182 g/mol. The Morgan fingerprint density at radius 3 is 2.64 bits per heavy atom. The van der Waals surface area contributed by atoms with Crippen LogP contribution < -0.4 is 11.1 Å². The van der Waals surface area contributed by atoms with Crippen molar-refractivity contribution in [2.24, 2.45) is 11.7 Å². The van der Waals surface area contributed by atoms with Gasteiger partial charge >= 0.3 is 0 Å². The summed E-state index contributed by atoms with van der Waals surface area (Å²) in [4.78, 5) is 24.2. The molecule has 1 aliphatic heterocycles. The molecule has 1 rings (SSSR count). The van der Waals surface area contributed by atoms with E-state index in [1.807, 2.05) is 0 Å². The summed E-state index contributed by atoms with van der Waals surface area (Å²) in [6.07, 6.45) is 0.692. The number of nitrogens with zero attached hydrogens (tertiary/aromatic N) is 1. The minimum absolute atomic E-state index is 0.0382. The molecule has 1 aliphatic rings. The fourth-order valence-corrected chi connectivity index (χ4v) is 1.59. The molecule has 3 N–H and O–H groups in total. The van der Waals surface area contributed by atoms with Gasteiger partial charge in [0, 0.05) is 13.1 Å². The van der Waals surface area contributed by atoms with Gasteiger partial charge in [0.2, 0.25) is 11.8 Å². The molecule has 1 heterocycles. The zero-order chi connectivity index (χ0) is 10.7. The minimum atomic E-state index is -0.308. The number of nitrogens with two attached hydrogens (primary N) is 1. The highest BCUT2D eigenvalue weighted by atomic mass is 16.2. The first-order valence-corrected chi connectivity index (χ1v) is 4.81. The second-order valence-electron chi connectivity index (χ2n) is 3.68. The summed E-state index contributed by atoms with van der Waals surface area (Å²) in [5.41, 5.74) is 5.18. The molecule has 14 heavy (non-hydrogen) atoms. The molecule has 0 aromatic carbocycles. The standard InChI is InChI=1S/C9H17N3O2/c1-6(11-2)9(14)12-4-3-7(5-12)8(10)13/h6-7,11H,3-5H2,1-2H3,(H2,10,13). The van der Waals surface area contributed by atoms with Crippen molar-refractivity contribution < 1.29 is 9.59 Å². The van der Waals surface area contributed by atoms with Gasteiger partial charge in [0.15, 0.2) is 0 Å². The third kappa shape index (κ3) is 2.23. The highest BCUT2D eigenvalue weighted by Gasteiger charge is 2.31. The first-order valence-electron chi connectivity index (χ1n) is 4.81. The average molecular weight is 199 g/mol. The molecule has 0 aromatic rings. The van der Waals surface area contributed by atoms with Crippen molar-refractivity contribution in [3.63, 3.8) is 0 Å². The number of amides is 2. The minimum Gasteiger partial charge on any atom is -0.369 e. The lowest BCUT2D eigenvalue weighted by Crippen LogP contribution is -2.43. The Labute approximate surface area is 83.6 Å². The Hall–Kier alpha value is -1.10.